The van der Waals surface area contributed by atoms with Crippen LogP contribution in [0.5, 0.6) is 0 Å². The summed E-state index contributed by atoms with van der Waals surface area (Å²) < 4.78 is 1.22. The van der Waals surface area contributed by atoms with E-state index in [1.165, 1.54) is 9.71 Å². The second-order valence-corrected chi connectivity index (χ2v) is 8.27. The van der Waals surface area contributed by atoms with E-state index in [9.17, 15) is 4.79 Å². The van der Waals surface area contributed by atoms with Crippen molar-refractivity contribution in [2.24, 2.45) is 0 Å². The van der Waals surface area contributed by atoms with Crippen LogP contribution in [0.15, 0.2) is 48.5 Å². The van der Waals surface area contributed by atoms with E-state index < -0.39 is 0 Å². The SMILES string of the molecule is C[C@@H](C(=O)Nc1ccc(C#N)cc1)N1CCC[C@H](c2nc3ccccc3s2)C1. The molecule has 1 aromatic heterocycles. The van der Waals surface area contributed by atoms with E-state index in [4.69, 9.17) is 10.2 Å². The minimum atomic E-state index is -0.215. The molecule has 2 heterocycles. The average molecular weight is 391 g/mol. The number of aromatic nitrogens is 1. The van der Waals surface area contributed by atoms with E-state index in [0.717, 1.165) is 37.1 Å². The predicted molar refractivity (Wildman–Crippen MR) is 112 cm³/mol. The molecule has 28 heavy (non-hydrogen) atoms. The fourth-order valence-corrected chi connectivity index (χ4v) is 4.76. The van der Waals surface area contributed by atoms with Crippen LogP contribution >= 0.6 is 11.3 Å². The molecule has 2 aromatic carbocycles. The Bertz CT molecular complexity index is 988. The van der Waals surface area contributed by atoms with E-state index in [2.05, 4.69) is 28.4 Å². The lowest BCUT2D eigenvalue weighted by Gasteiger charge is -2.35. The molecule has 0 unspecified atom stereocenters. The van der Waals surface area contributed by atoms with Gasteiger partial charge in [0.25, 0.3) is 0 Å². The van der Waals surface area contributed by atoms with Crippen LogP contribution in [0.3, 0.4) is 0 Å². The molecule has 6 heteroatoms. The minimum Gasteiger partial charge on any atom is -0.325 e. The fourth-order valence-electron chi connectivity index (χ4n) is 3.67. The van der Waals surface area contributed by atoms with Crippen LogP contribution in [0.1, 0.15) is 36.3 Å². The van der Waals surface area contributed by atoms with Crippen LogP contribution in [0.25, 0.3) is 10.2 Å². The smallest absolute Gasteiger partial charge is 0.241 e. The van der Waals surface area contributed by atoms with Crippen molar-refractivity contribution in [2.75, 3.05) is 18.4 Å². The van der Waals surface area contributed by atoms with Crippen molar-refractivity contribution in [2.45, 2.75) is 31.7 Å². The van der Waals surface area contributed by atoms with Gasteiger partial charge in [-0.2, -0.15) is 5.26 Å². The Morgan fingerprint density at radius 3 is 2.82 bits per heavy atom. The van der Waals surface area contributed by atoms with Gasteiger partial charge in [0.05, 0.1) is 32.9 Å². The van der Waals surface area contributed by atoms with E-state index in [1.807, 2.05) is 19.1 Å². The van der Waals surface area contributed by atoms with Gasteiger partial charge in [-0.3, -0.25) is 9.69 Å². The van der Waals surface area contributed by atoms with Crippen molar-refractivity contribution < 1.29 is 4.79 Å². The maximum atomic E-state index is 12.7. The van der Waals surface area contributed by atoms with Crippen LogP contribution in [0.2, 0.25) is 0 Å². The van der Waals surface area contributed by atoms with E-state index >= 15 is 0 Å². The summed E-state index contributed by atoms with van der Waals surface area (Å²) in [5.74, 6) is 0.353. The summed E-state index contributed by atoms with van der Waals surface area (Å²) >= 11 is 1.77. The monoisotopic (exact) mass is 390 g/mol. The van der Waals surface area contributed by atoms with Crippen molar-refractivity contribution in [1.82, 2.24) is 9.88 Å². The Labute approximate surface area is 168 Å². The zero-order valence-corrected chi connectivity index (χ0v) is 16.6. The molecule has 142 valence electrons. The number of benzene rings is 2. The van der Waals surface area contributed by atoms with Crippen molar-refractivity contribution in [3.8, 4) is 6.07 Å². The second-order valence-electron chi connectivity index (χ2n) is 7.21. The number of hydrogen-bond donors (Lipinski definition) is 1. The number of anilines is 1. The Morgan fingerprint density at radius 2 is 2.07 bits per heavy atom. The number of amides is 1. The summed E-state index contributed by atoms with van der Waals surface area (Å²) in [5, 5.41) is 13.0. The first kappa shape index (κ1) is 18.6. The van der Waals surface area contributed by atoms with Crippen LogP contribution in [-0.2, 0) is 4.79 Å². The molecule has 0 saturated carbocycles. The molecule has 5 nitrogen and oxygen atoms in total. The third-order valence-corrected chi connectivity index (χ3v) is 6.52. The van der Waals surface area contributed by atoms with Crippen LogP contribution < -0.4 is 5.32 Å². The van der Waals surface area contributed by atoms with Gasteiger partial charge in [0.1, 0.15) is 0 Å². The molecular weight excluding hydrogens is 368 g/mol. The van der Waals surface area contributed by atoms with Crippen LogP contribution in [0, 0.1) is 11.3 Å². The van der Waals surface area contributed by atoms with Crippen molar-refractivity contribution in [3.05, 3.63) is 59.1 Å². The molecule has 0 radical (unpaired) electrons. The number of hydrogen-bond acceptors (Lipinski definition) is 5. The summed E-state index contributed by atoms with van der Waals surface area (Å²) in [4.78, 5) is 19.8. The van der Waals surface area contributed by atoms with Crippen molar-refractivity contribution >= 4 is 33.1 Å². The van der Waals surface area contributed by atoms with Gasteiger partial charge in [0.2, 0.25) is 5.91 Å². The number of piperidine rings is 1. The Hall–Kier alpha value is -2.75. The minimum absolute atomic E-state index is 0.0188. The number of thiazole rings is 1. The number of fused-ring (bicyclic) bond motifs is 1. The van der Waals surface area contributed by atoms with Crippen molar-refractivity contribution in [1.29, 1.82) is 5.26 Å². The number of nitrogens with one attached hydrogen (secondary N) is 1. The maximum Gasteiger partial charge on any atom is 0.241 e. The largest absolute Gasteiger partial charge is 0.325 e. The zero-order valence-electron chi connectivity index (χ0n) is 15.8. The summed E-state index contributed by atoms with van der Waals surface area (Å²) in [6.07, 6.45) is 2.18. The van der Waals surface area contributed by atoms with Gasteiger partial charge in [-0.15, -0.1) is 11.3 Å². The highest BCUT2D eigenvalue weighted by molar-refractivity contribution is 7.18. The second kappa shape index (κ2) is 8.09. The quantitative estimate of drug-likeness (QED) is 0.718. The molecule has 1 saturated heterocycles. The Balaban J connectivity index is 1.42. The number of carbonyl (C=O) groups excluding carboxylic acids is 1. The normalized spacial score (nSPS) is 18.5. The molecule has 1 aliphatic heterocycles. The van der Waals surface area contributed by atoms with Gasteiger partial charge in [0.15, 0.2) is 0 Å². The Morgan fingerprint density at radius 1 is 1.29 bits per heavy atom. The summed E-state index contributed by atoms with van der Waals surface area (Å²) in [7, 11) is 0. The number of likely N-dealkylation sites (tertiary alicyclic amines) is 1. The third kappa shape index (κ3) is 3.91. The molecule has 0 bridgehead atoms. The summed E-state index contributed by atoms with van der Waals surface area (Å²) in [6, 6.07) is 17.1. The number of nitriles is 1. The van der Waals surface area contributed by atoms with Crippen LogP contribution in [-0.4, -0.2) is 34.9 Å². The molecule has 1 amide bonds. The number of para-hydroxylation sites is 1. The first-order valence-electron chi connectivity index (χ1n) is 9.54. The van der Waals surface area contributed by atoms with Gasteiger partial charge in [-0.1, -0.05) is 12.1 Å². The molecule has 4 rings (SSSR count). The highest BCUT2D eigenvalue weighted by atomic mass is 32.1. The molecule has 1 fully saturated rings. The van der Waals surface area contributed by atoms with E-state index in [-0.39, 0.29) is 11.9 Å². The summed E-state index contributed by atoms with van der Waals surface area (Å²) in [5.41, 5.74) is 2.36. The molecular formula is C22H22N4OS. The molecule has 3 aromatic rings. The molecule has 0 aliphatic carbocycles. The zero-order chi connectivity index (χ0) is 19.5. The number of nitrogens with zero attached hydrogens (tertiary/aromatic N) is 3. The van der Waals surface area contributed by atoms with Gasteiger partial charge in [-0.05, 0) is 62.7 Å². The highest BCUT2D eigenvalue weighted by Gasteiger charge is 2.29. The maximum absolute atomic E-state index is 12.7. The Kier molecular flexibility index (Phi) is 5.38. The lowest BCUT2D eigenvalue weighted by Crippen LogP contribution is -2.46. The molecule has 2 atom stereocenters. The summed E-state index contributed by atoms with van der Waals surface area (Å²) in [6.45, 7) is 3.73. The standard InChI is InChI=1S/C22H22N4OS/c1-15(21(27)24-18-10-8-16(13-23)9-11-18)26-12-4-5-17(14-26)22-25-19-6-2-3-7-20(19)28-22/h2-3,6-11,15,17H,4-5,12,14H2,1H3,(H,24,27)/t15-,17-/m0/s1. The third-order valence-electron chi connectivity index (χ3n) is 5.32. The fraction of sp³-hybridized carbons (Fsp3) is 0.318. The van der Waals surface area contributed by atoms with Gasteiger partial charge in [0, 0.05) is 18.2 Å². The van der Waals surface area contributed by atoms with Crippen molar-refractivity contribution in [3.63, 3.8) is 0 Å². The van der Waals surface area contributed by atoms with E-state index in [1.54, 1.807) is 35.6 Å². The average Bonchev–Trinajstić information content (AvgIpc) is 3.18. The predicted octanol–water partition coefficient (Wildman–Crippen LogP) is 4.37. The number of carbonyl (C=O) groups is 1. The highest BCUT2D eigenvalue weighted by Crippen LogP contribution is 2.33. The van der Waals surface area contributed by atoms with Gasteiger partial charge < -0.3 is 5.32 Å². The van der Waals surface area contributed by atoms with Gasteiger partial charge in [-0.25, -0.2) is 4.98 Å². The number of rotatable bonds is 4. The topological polar surface area (TPSA) is 69.0 Å². The molecule has 1 aliphatic rings. The first-order valence-corrected chi connectivity index (χ1v) is 10.4. The molecule has 0 spiro atoms. The van der Waals surface area contributed by atoms with Crippen LogP contribution in [0.4, 0.5) is 5.69 Å². The van der Waals surface area contributed by atoms with E-state index in [0.29, 0.717) is 11.5 Å². The van der Waals surface area contributed by atoms with Gasteiger partial charge >= 0.3 is 0 Å². The lowest BCUT2D eigenvalue weighted by molar-refractivity contribution is -0.121. The lowest BCUT2D eigenvalue weighted by atomic mass is 9.97. The molecule has 1 N–H and O–H groups in total. The first-order chi connectivity index (χ1) is 13.6.